The second kappa shape index (κ2) is 4.42. The van der Waals surface area contributed by atoms with Crippen molar-refractivity contribution in [2.75, 3.05) is 11.9 Å². The Balaban J connectivity index is 1.64. The fourth-order valence-corrected chi connectivity index (χ4v) is 2.57. The van der Waals surface area contributed by atoms with Gasteiger partial charge in [0.1, 0.15) is 0 Å². The SMILES string of the molecule is Clc1cccc(NCC2Cc3ccccc32)c1. The van der Waals surface area contributed by atoms with Crippen molar-refractivity contribution < 1.29 is 0 Å². The van der Waals surface area contributed by atoms with Crippen molar-refractivity contribution >= 4 is 17.3 Å². The number of nitrogens with one attached hydrogen (secondary N) is 1. The zero-order valence-electron chi connectivity index (χ0n) is 9.49. The Hall–Kier alpha value is -1.47. The van der Waals surface area contributed by atoms with Gasteiger partial charge in [0, 0.05) is 23.2 Å². The number of rotatable bonds is 3. The third-order valence-corrected chi connectivity index (χ3v) is 3.57. The molecule has 86 valence electrons. The van der Waals surface area contributed by atoms with E-state index in [9.17, 15) is 0 Å². The predicted molar refractivity (Wildman–Crippen MR) is 72.8 cm³/mol. The summed E-state index contributed by atoms with van der Waals surface area (Å²) in [4.78, 5) is 0. The maximum atomic E-state index is 5.95. The van der Waals surface area contributed by atoms with Crippen molar-refractivity contribution in [1.82, 2.24) is 0 Å². The Bertz CT molecular complexity index is 536. The Morgan fingerprint density at radius 1 is 1.12 bits per heavy atom. The van der Waals surface area contributed by atoms with E-state index in [0.717, 1.165) is 17.3 Å². The van der Waals surface area contributed by atoms with Gasteiger partial charge in [-0.1, -0.05) is 41.9 Å². The first kappa shape index (κ1) is 10.7. The van der Waals surface area contributed by atoms with Gasteiger partial charge < -0.3 is 5.32 Å². The fraction of sp³-hybridized carbons (Fsp3) is 0.200. The Labute approximate surface area is 106 Å². The maximum Gasteiger partial charge on any atom is 0.0426 e. The predicted octanol–water partition coefficient (Wildman–Crippen LogP) is 4.09. The molecule has 2 heteroatoms. The molecule has 17 heavy (non-hydrogen) atoms. The zero-order chi connectivity index (χ0) is 11.7. The highest BCUT2D eigenvalue weighted by molar-refractivity contribution is 6.30. The largest absolute Gasteiger partial charge is 0.384 e. The van der Waals surface area contributed by atoms with Gasteiger partial charge in [-0.05, 0) is 35.7 Å². The lowest BCUT2D eigenvalue weighted by Gasteiger charge is -2.30. The lowest BCUT2D eigenvalue weighted by atomic mass is 9.77. The van der Waals surface area contributed by atoms with E-state index in [-0.39, 0.29) is 0 Å². The Kier molecular flexibility index (Phi) is 2.77. The number of halogens is 1. The van der Waals surface area contributed by atoms with E-state index in [2.05, 4.69) is 35.6 Å². The van der Waals surface area contributed by atoms with Gasteiger partial charge in [-0.3, -0.25) is 0 Å². The lowest BCUT2D eigenvalue weighted by molar-refractivity contribution is 0.636. The molecule has 1 atom stereocenters. The standard InChI is InChI=1S/C15H14ClN/c16-13-5-3-6-14(9-13)17-10-12-8-11-4-1-2-7-15(11)12/h1-7,9,12,17H,8,10H2. The van der Waals surface area contributed by atoms with E-state index < -0.39 is 0 Å². The molecule has 0 bridgehead atoms. The van der Waals surface area contributed by atoms with Crippen LogP contribution in [0, 0.1) is 0 Å². The van der Waals surface area contributed by atoms with Gasteiger partial charge in [-0.25, -0.2) is 0 Å². The summed E-state index contributed by atoms with van der Waals surface area (Å²) in [6.45, 7) is 0.983. The second-order valence-electron chi connectivity index (χ2n) is 4.49. The molecule has 1 aliphatic carbocycles. The van der Waals surface area contributed by atoms with E-state index in [4.69, 9.17) is 11.6 Å². The molecule has 2 aromatic carbocycles. The van der Waals surface area contributed by atoms with E-state index in [1.165, 1.54) is 17.5 Å². The fourth-order valence-electron chi connectivity index (χ4n) is 2.38. The van der Waals surface area contributed by atoms with Crippen LogP contribution in [0.15, 0.2) is 48.5 Å². The van der Waals surface area contributed by atoms with E-state index in [0.29, 0.717) is 5.92 Å². The van der Waals surface area contributed by atoms with Crippen molar-refractivity contribution in [2.45, 2.75) is 12.3 Å². The summed E-state index contributed by atoms with van der Waals surface area (Å²) < 4.78 is 0. The first-order valence-electron chi connectivity index (χ1n) is 5.90. The van der Waals surface area contributed by atoms with Crippen molar-refractivity contribution in [1.29, 1.82) is 0 Å². The maximum absolute atomic E-state index is 5.95. The van der Waals surface area contributed by atoms with Crippen molar-refractivity contribution in [3.63, 3.8) is 0 Å². The molecule has 0 radical (unpaired) electrons. The molecule has 0 aromatic heterocycles. The molecule has 1 nitrogen and oxygen atoms in total. The highest BCUT2D eigenvalue weighted by Crippen LogP contribution is 2.34. The van der Waals surface area contributed by atoms with Crippen LogP contribution in [0.5, 0.6) is 0 Å². The molecular weight excluding hydrogens is 230 g/mol. The van der Waals surface area contributed by atoms with Gasteiger partial charge in [0.15, 0.2) is 0 Å². The van der Waals surface area contributed by atoms with Crippen molar-refractivity contribution in [2.24, 2.45) is 0 Å². The summed E-state index contributed by atoms with van der Waals surface area (Å²) in [6.07, 6.45) is 1.18. The van der Waals surface area contributed by atoms with Crippen molar-refractivity contribution in [3.8, 4) is 0 Å². The van der Waals surface area contributed by atoms with E-state index >= 15 is 0 Å². The third kappa shape index (κ3) is 2.16. The van der Waals surface area contributed by atoms with Crippen LogP contribution in [0.3, 0.4) is 0 Å². The molecule has 0 saturated heterocycles. The minimum absolute atomic E-state index is 0.644. The summed E-state index contributed by atoms with van der Waals surface area (Å²) in [6, 6.07) is 16.5. The average molecular weight is 244 g/mol. The van der Waals surface area contributed by atoms with Gasteiger partial charge in [0.05, 0.1) is 0 Å². The smallest absolute Gasteiger partial charge is 0.0426 e. The Morgan fingerprint density at radius 3 is 2.82 bits per heavy atom. The average Bonchev–Trinajstić information content (AvgIpc) is 2.30. The summed E-state index contributed by atoms with van der Waals surface area (Å²) in [7, 11) is 0. The second-order valence-corrected chi connectivity index (χ2v) is 4.93. The first-order valence-corrected chi connectivity index (χ1v) is 6.28. The van der Waals surface area contributed by atoms with Gasteiger partial charge in [-0.15, -0.1) is 0 Å². The molecule has 1 N–H and O–H groups in total. The van der Waals surface area contributed by atoms with E-state index in [1.54, 1.807) is 0 Å². The van der Waals surface area contributed by atoms with Crippen LogP contribution in [0.4, 0.5) is 5.69 Å². The minimum Gasteiger partial charge on any atom is -0.384 e. The molecule has 0 fully saturated rings. The summed E-state index contributed by atoms with van der Waals surface area (Å²) in [5, 5.41) is 4.23. The molecule has 0 heterocycles. The highest BCUT2D eigenvalue weighted by Gasteiger charge is 2.24. The molecule has 0 amide bonds. The monoisotopic (exact) mass is 243 g/mol. The highest BCUT2D eigenvalue weighted by atomic mass is 35.5. The quantitative estimate of drug-likeness (QED) is 0.856. The van der Waals surface area contributed by atoms with Crippen LogP contribution in [-0.4, -0.2) is 6.54 Å². The topological polar surface area (TPSA) is 12.0 Å². The van der Waals surface area contributed by atoms with E-state index in [1.807, 2.05) is 18.2 Å². The lowest BCUT2D eigenvalue weighted by Crippen LogP contribution is -2.24. The molecule has 0 saturated carbocycles. The van der Waals surface area contributed by atoms with Crippen LogP contribution < -0.4 is 5.32 Å². The number of hydrogen-bond donors (Lipinski definition) is 1. The van der Waals surface area contributed by atoms with Crippen LogP contribution >= 0.6 is 11.6 Å². The molecule has 2 aromatic rings. The van der Waals surface area contributed by atoms with Crippen LogP contribution in [0.1, 0.15) is 17.0 Å². The van der Waals surface area contributed by atoms with Crippen LogP contribution in [0.25, 0.3) is 0 Å². The minimum atomic E-state index is 0.644. The first-order chi connectivity index (χ1) is 8.33. The molecule has 0 spiro atoms. The molecule has 1 unspecified atom stereocenters. The zero-order valence-corrected chi connectivity index (χ0v) is 10.2. The third-order valence-electron chi connectivity index (χ3n) is 3.34. The molecule has 3 rings (SSSR count). The van der Waals surface area contributed by atoms with Crippen LogP contribution in [-0.2, 0) is 6.42 Å². The van der Waals surface area contributed by atoms with Gasteiger partial charge >= 0.3 is 0 Å². The molecular formula is C15H14ClN. The number of anilines is 1. The number of benzene rings is 2. The van der Waals surface area contributed by atoms with Crippen LogP contribution in [0.2, 0.25) is 5.02 Å². The summed E-state index contributed by atoms with van der Waals surface area (Å²) in [5.74, 6) is 0.644. The Morgan fingerprint density at radius 2 is 2.00 bits per heavy atom. The summed E-state index contributed by atoms with van der Waals surface area (Å²) >= 11 is 5.95. The molecule has 1 aliphatic rings. The van der Waals surface area contributed by atoms with Gasteiger partial charge in [-0.2, -0.15) is 0 Å². The van der Waals surface area contributed by atoms with Crippen molar-refractivity contribution in [3.05, 3.63) is 64.7 Å². The van der Waals surface area contributed by atoms with Gasteiger partial charge in [0.2, 0.25) is 0 Å². The summed E-state index contributed by atoms with van der Waals surface area (Å²) in [5.41, 5.74) is 4.08. The number of hydrogen-bond acceptors (Lipinski definition) is 1. The number of fused-ring (bicyclic) bond motifs is 1. The molecule has 0 aliphatic heterocycles. The van der Waals surface area contributed by atoms with Gasteiger partial charge in [0.25, 0.3) is 0 Å². The normalized spacial score (nSPS) is 17.1.